The normalized spacial score (nSPS) is 20.5. The number of nitrogens with one attached hydrogen (secondary N) is 2. The Morgan fingerprint density at radius 3 is 2.89 bits per heavy atom. The molecule has 2 bridgehead atoms. The quantitative estimate of drug-likeness (QED) is 0.326. The molecule has 35 heavy (non-hydrogen) atoms. The molecule has 188 valence electrons. The Hall–Kier alpha value is -2.95. The number of nitrogen functional groups attached to an aromatic ring is 1. The highest BCUT2D eigenvalue weighted by Crippen LogP contribution is 2.29. The van der Waals surface area contributed by atoms with Crippen LogP contribution in [0.3, 0.4) is 0 Å². The van der Waals surface area contributed by atoms with Crippen molar-refractivity contribution >= 4 is 22.8 Å². The number of fused-ring (bicyclic) bond motifs is 3. The summed E-state index contributed by atoms with van der Waals surface area (Å²) in [5.74, 6) is 1.69. The zero-order valence-corrected chi connectivity index (χ0v) is 20.6. The number of aliphatic hydroxyl groups is 1. The van der Waals surface area contributed by atoms with Crippen molar-refractivity contribution in [3.05, 3.63) is 35.5 Å². The predicted molar refractivity (Wildman–Crippen MR) is 136 cm³/mol. The molecule has 2 aliphatic rings. The lowest BCUT2D eigenvalue weighted by molar-refractivity contribution is 0.217. The number of hydrogen-bond donors (Lipinski definition) is 4. The van der Waals surface area contributed by atoms with Crippen molar-refractivity contribution in [1.82, 2.24) is 30.0 Å². The maximum atomic E-state index is 9.48. The molecular weight excluding hydrogens is 444 g/mol. The van der Waals surface area contributed by atoms with E-state index in [1.165, 1.54) is 12.0 Å². The van der Waals surface area contributed by atoms with Crippen LogP contribution in [0.2, 0.25) is 0 Å². The number of anilines is 2. The van der Waals surface area contributed by atoms with E-state index < -0.39 is 0 Å². The lowest BCUT2D eigenvalue weighted by Crippen LogP contribution is -2.42. The molecule has 0 spiro atoms. The van der Waals surface area contributed by atoms with Gasteiger partial charge < -0.3 is 26.2 Å². The first-order valence-corrected chi connectivity index (χ1v) is 12.6. The monoisotopic (exact) mass is 480 g/mol. The summed E-state index contributed by atoms with van der Waals surface area (Å²) in [5, 5.41) is 21.1. The summed E-state index contributed by atoms with van der Waals surface area (Å²) in [5.41, 5.74) is 9.76. The van der Waals surface area contributed by atoms with Gasteiger partial charge in [0.15, 0.2) is 5.82 Å². The van der Waals surface area contributed by atoms with Gasteiger partial charge in [-0.1, -0.05) is 25.5 Å². The van der Waals surface area contributed by atoms with E-state index >= 15 is 0 Å². The Bertz CT molecular complexity index is 1160. The summed E-state index contributed by atoms with van der Waals surface area (Å²) in [4.78, 5) is 11.4. The van der Waals surface area contributed by atoms with E-state index in [-0.39, 0.29) is 18.6 Å². The third-order valence-electron chi connectivity index (χ3n) is 7.19. The Labute approximate surface area is 205 Å². The van der Waals surface area contributed by atoms with E-state index in [1.807, 2.05) is 4.68 Å². The number of rotatable bonds is 11. The number of methoxy groups -OCH3 is 1. The van der Waals surface area contributed by atoms with Crippen molar-refractivity contribution in [1.29, 1.82) is 0 Å². The van der Waals surface area contributed by atoms with Gasteiger partial charge in [0, 0.05) is 49.9 Å². The van der Waals surface area contributed by atoms with E-state index in [9.17, 15) is 5.11 Å². The Kier molecular flexibility index (Phi) is 7.03. The molecule has 10 heteroatoms. The summed E-state index contributed by atoms with van der Waals surface area (Å²) in [7, 11) is 1.71. The summed E-state index contributed by atoms with van der Waals surface area (Å²) in [6.45, 7) is 5.90. The van der Waals surface area contributed by atoms with E-state index in [4.69, 9.17) is 10.5 Å². The number of nitrogens with zero attached hydrogens (tertiary/aromatic N) is 5. The molecule has 3 atom stereocenters. The van der Waals surface area contributed by atoms with Gasteiger partial charge in [0.05, 0.1) is 19.9 Å². The summed E-state index contributed by atoms with van der Waals surface area (Å²) in [6.07, 6.45) is 5.53. The van der Waals surface area contributed by atoms with Crippen LogP contribution in [0.4, 0.5) is 11.8 Å². The third-order valence-corrected chi connectivity index (χ3v) is 7.19. The first-order chi connectivity index (χ1) is 17.1. The van der Waals surface area contributed by atoms with Gasteiger partial charge >= 0.3 is 0 Å². The summed E-state index contributed by atoms with van der Waals surface area (Å²) >= 11 is 0. The molecule has 0 aliphatic carbocycles. The molecule has 0 radical (unpaired) electrons. The number of aliphatic hydroxyl groups excluding tert-OH is 1. The van der Waals surface area contributed by atoms with Crippen LogP contribution >= 0.6 is 0 Å². The number of hydrogen-bond acceptors (Lipinski definition) is 9. The molecule has 4 heterocycles. The Balaban J connectivity index is 1.39. The van der Waals surface area contributed by atoms with E-state index in [2.05, 4.69) is 55.7 Å². The molecule has 10 nitrogen and oxygen atoms in total. The number of nitrogens with two attached hydrogens (primary N) is 1. The zero-order chi connectivity index (χ0) is 24.4. The van der Waals surface area contributed by atoms with E-state index in [1.54, 1.807) is 13.3 Å². The smallest absolute Gasteiger partial charge is 0.222 e. The van der Waals surface area contributed by atoms with Crippen molar-refractivity contribution in [2.75, 3.05) is 37.9 Å². The fourth-order valence-electron chi connectivity index (χ4n) is 5.48. The molecule has 2 fully saturated rings. The molecule has 5 N–H and O–H groups in total. The Morgan fingerprint density at radius 1 is 1.29 bits per heavy atom. The van der Waals surface area contributed by atoms with Gasteiger partial charge in [-0.15, -0.1) is 0 Å². The highest BCUT2D eigenvalue weighted by Gasteiger charge is 2.37. The Morgan fingerprint density at radius 2 is 2.17 bits per heavy atom. The minimum Gasteiger partial charge on any atom is -0.496 e. The molecule has 0 amide bonds. The molecule has 2 aliphatic heterocycles. The van der Waals surface area contributed by atoms with Gasteiger partial charge in [0.25, 0.3) is 0 Å². The zero-order valence-electron chi connectivity index (χ0n) is 20.6. The van der Waals surface area contributed by atoms with Gasteiger partial charge in [0.1, 0.15) is 16.8 Å². The van der Waals surface area contributed by atoms with Crippen LogP contribution in [-0.2, 0) is 13.1 Å². The van der Waals surface area contributed by atoms with Gasteiger partial charge in [-0.3, -0.25) is 9.58 Å². The maximum Gasteiger partial charge on any atom is 0.222 e. The highest BCUT2D eigenvalue weighted by molar-refractivity contribution is 5.86. The average molecular weight is 481 g/mol. The topological polar surface area (TPSA) is 126 Å². The molecule has 5 rings (SSSR count). The lowest BCUT2D eigenvalue weighted by atomic mass is 10.1. The van der Waals surface area contributed by atoms with Crippen LogP contribution in [0.1, 0.15) is 43.7 Å². The second-order valence-electron chi connectivity index (χ2n) is 9.68. The lowest BCUT2D eigenvalue weighted by Gasteiger charge is -2.27. The molecule has 0 unspecified atom stereocenters. The maximum absolute atomic E-state index is 9.48. The third kappa shape index (κ3) is 5.05. The van der Waals surface area contributed by atoms with Crippen LogP contribution in [0.5, 0.6) is 5.75 Å². The van der Waals surface area contributed by atoms with Crippen LogP contribution in [-0.4, -0.2) is 74.7 Å². The number of benzene rings is 1. The van der Waals surface area contributed by atoms with E-state index in [0.29, 0.717) is 36.4 Å². The standard InChI is InChI=1S/C25H36N8O2/c1-3-4-18(7-8-34)29-24-23-21(30-25(26)31-24)12-28-33(23)14-17-6-5-16(9-22(17)35-2)13-32-15-19-10-20(32)11-27-19/h5-6,9,12,18-20,27,34H,3-4,7-8,10-11,13-15H2,1-2H3,(H3,26,29,30,31)/t18-,19-,20-/m0/s1. The van der Waals surface area contributed by atoms with Crippen LogP contribution in [0.25, 0.3) is 11.0 Å². The van der Waals surface area contributed by atoms with Crippen molar-refractivity contribution < 1.29 is 9.84 Å². The van der Waals surface area contributed by atoms with Crippen molar-refractivity contribution in [3.63, 3.8) is 0 Å². The van der Waals surface area contributed by atoms with Crippen LogP contribution in [0.15, 0.2) is 24.4 Å². The van der Waals surface area contributed by atoms with Gasteiger partial charge in [0.2, 0.25) is 5.95 Å². The number of likely N-dealkylation sites (tertiary alicyclic amines) is 1. The van der Waals surface area contributed by atoms with Crippen molar-refractivity contribution in [2.24, 2.45) is 0 Å². The second kappa shape index (κ2) is 10.3. The molecule has 2 saturated heterocycles. The number of aromatic nitrogens is 4. The van der Waals surface area contributed by atoms with Gasteiger partial charge in [-0.25, -0.2) is 4.98 Å². The average Bonchev–Trinajstić information content (AvgIpc) is 3.56. The van der Waals surface area contributed by atoms with E-state index in [0.717, 1.165) is 49.3 Å². The summed E-state index contributed by atoms with van der Waals surface area (Å²) in [6, 6.07) is 7.84. The van der Waals surface area contributed by atoms with Crippen LogP contribution < -0.4 is 21.1 Å². The van der Waals surface area contributed by atoms with Gasteiger partial charge in [-0.05, 0) is 30.9 Å². The van der Waals surface area contributed by atoms with Crippen molar-refractivity contribution in [3.8, 4) is 5.75 Å². The summed E-state index contributed by atoms with van der Waals surface area (Å²) < 4.78 is 7.67. The molecular formula is C25H36N8O2. The molecule has 0 saturated carbocycles. The highest BCUT2D eigenvalue weighted by atomic mass is 16.5. The molecule has 3 aromatic rings. The number of ether oxygens (including phenoxy) is 1. The number of piperazine rings is 1. The minimum atomic E-state index is 0.0933. The fourth-order valence-corrected chi connectivity index (χ4v) is 5.48. The largest absolute Gasteiger partial charge is 0.496 e. The first kappa shape index (κ1) is 23.8. The molecule has 2 aromatic heterocycles. The predicted octanol–water partition coefficient (Wildman–Crippen LogP) is 1.97. The second-order valence-corrected chi connectivity index (χ2v) is 9.68. The molecule has 1 aromatic carbocycles. The van der Waals surface area contributed by atoms with Gasteiger partial charge in [-0.2, -0.15) is 10.1 Å². The van der Waals surface area contributed by atoms with Crippen molar-refractivity contribution in [2.45, 2.75) is 63.8 Å². The van der Waals surface area contributed by atoms with Crippen LogP contribution in [0, 0.1) is 0 Å². The SMILES string of the molecule is CCC[C@@H](CCO)Nc1nc(N)nc2cnn(Cc3ccc(CN4C[C@@H]5C[C@H]4CN5)cc3OC)c12. The fraction of sp³-hybridized carbons (Fsp3) is 0.560. The first-order valence-electron chi connectivity index (χ1n) is 12.6. The minimum absolute atomic E-state index is 0.0933.